The fourth-order valence-corrected chi connectivity index (χ4v) is 3.50. The Morgan fingerprint density at radius 3 is 2.55 bits per heavy atom. The maximum Gasteiger partial charge on any atom is 0.342 e. The summed E-state index contributed by atoms with van der Waals surface area (Å²) in [6, 6.07) is 5.42. The summed E-state index contributed by atoms with van der Waals surface area (Å²) < 4.78 is 16.1. The molecule has 152 valence electrons. The number of anilines is 2. The Kier molecular flexibility index (Phi) is 4.75. The molecule has 0 atom stereocenters. The van der Waals surface area contributed by atoms with Crippen LogP contribution in [0.5, 0.6) is 0 Å². The van der Waals surface area contributed by atoms with E-state index in [-0.39, 0.29) is 22.0 Å². The Hall–Kier alpha value is -3.33. The molecule has 0 spiro atoms. The molecule has 0 saturated carbocycles. The third-order valence-corrected chi connectivity index (χ3v) is 5.01. The summed E-state index contributed by atoms with van der Waals surface area (Å²) in [5, 5.41) is 0.146. The molecule has 0 aromatic heterocycles. The summed E-state index contributed by atoms with van der Waals surface area (Å²) in [7, 11) is 4.99. The van der Waals surface area contributed by atoms with Gasteiger partial charge in [-0.05, 0) is 12.1 Å². The van der Waals surface area contributed by atoms with Crippen molar-refractivity contribution in [3.8, 4) is 0 Å². The Morgan fingerprint density at radius 1 is 1.17 bits per heavy atom. The highest BCUT2D eigenvalue weighted by Crippen LogP contribution is 2.23. The zero-order valence-corrected chi connectivity index (χ0v) is 16.4. The number of aromatic nitrogens is 1. The zero-order valence-electron chi connectivity index (χ0n) is 16.4. The first-order valence-electron chi connectivity index (χ1n) is 9.17. The van der Waals surface area contributed by atoms with E-state index in [1.807, 2.05) is 25.1 Å². The number of carbonyl (C=O) groups excluding carboxylic acids is 1. The van der Waals surface area contributed by atoms with Gasteiger partial charge in [-0.15, -0.1) is 0 Å². The van der Waals surface area contributed by atoms with Crippen LogP contribution in [0, 0.1) is 10.8 Å². The number of nitrogens with one attached hydrogen (secondary N) is 1. The number of fused-ring (bicyclic) bond motifs is 1. The molecule has 4 rings (SSSR count). The van der Waals surface area contributed by atoms with Crippen molar-refractivity contribution >= 4 is 28.4 Å². The number of hydrogen-bond acceptors (Lipinski definition) is 8. The summed E-state index contributed by atoms with van der Waals surface area (Å²) >= 11 is 0. The van der Waals surface area contributed by atoms with Crippen molar-refractivity contribution in [2.45, 2.75) is 0 Å². The van der Waals surface area contributed by atoms with Gasteiger partial charge in [-0.3, -0.25) is 9.59 Å². The van der Waals surface area contributed by atoms with Crippen molar-refractivity contribution in [3.05, 3.63) is 55.0 Å². The van der Waals surface area contributed by atoms with Crippen LogP contribution in [0.4, 0.5) is 11.4 Å². The van der Waals surface area contributed by atoms with Crippen molar-refractivity contribution < 1.29 is 18.7 Å². The standard InChI is InChI=1S/C20H21N3O6/c1-22(2)11-4-5-12-13(10-11)29-19-15(21-12)14(20(26)27-3)16(17(24)18(19)25)23-6-8-28-9-7-23/h4-5,10,21H,6-9H2,1-3H3. The maximum atomic E-state index is 12.9. The maximum absolute atomic E-state index is 12.9. The molecule has 0 amide bonds. The lowest BCUT2D eigenvalue weighted by molar-refractivity contribution is 0.0598. The van der Waals surface area contributed by atoms with E-state index in [4.69, 9.17) is 13.9 Å². The van der Waals surface area contributed by atoms with E-state index in [1.54, 1.807) is 17.0 Å². The van der Waals surface area contributed by atoms with Crippen molar-refractivity contribution in [3.63, 3.8) is 0 Å². The number of methoxy groups -OCH3 is 1. The first kappa shape index (κ1) is 19.0. The second kappa shape index (κ2) is 7.25. The number of ether oxygens (including phenoxy) is 2. The molecule has 1 aliphatic carbocycles. The van der Waals surface area contributed by atoms with E-state index in [2.05, 4.69) is 4.98 Å². The lowest BCUT2D eigenvalue weighted by atomic mass is 10.1. The van der Waals surface area contributed by atoms with E-state index in [0.29, 0.717) is 37.4 Å². The molecular weight excluding hydrogens is 378 g/mol. The smallest absolute Gasteiger partial charge is 0.342 e. The molecule has 0 radical (unpaired) electrons. The van der Waals surface area contributed by atoms with Gasteiger partial charge in [0.25, 0.3) is 10.9 Å². The van der Waals surface area contributed by atoms with Crippen LogP contribution < -0.4 is 20.7 Å². The van der Waals surface area contributed by atoms with Gasteiger partial charge >= 0.3 is 5.97 Å². The average Bonchev–Trinajstić information content (AvgIpc) is 2.74. The van der Waals surface area contributed by atoms with Crippen molar-refractivity contribution in [1.82, 2.24) is 4.98 Å². The van der Waals surface area contributed by atoms with Gasteiger partial charge in [-0.1, -0.05) is 0 Å². The third-order valence-electron chi connectivity index (χ3n) is 5.01. The van der Waals surface area contributed by atoms with Gasteiger partial charge in [0, 0.05) is 38.9 Å². The predicted octanol–water partition coefficient (Wildman–Crippen LogP) is 0.895. The molecule has 1 aromatic rings. The number of aromatic amines is 1. The first-order chi connectivity index (χ1) is 13.9. The monoisotopic (exact) mass is 399 g/mol. The largest absolute Gasteiger partial charge is 0.465 e. The molecule has 0 unspecified atom stereocenters. The molecule has 1 saturated heterocycles. The second-order valence-corrected chi connectivity index (χ2v) is 6.98. The third kappa shape index (κ3) is 3.13. The minimum Gasteiger partial charge on any atom is -0.465 e. The number of H-pyrrole nitrogens is 1. The van der Waals surface area contributed by atoms with Gasteiger partial charge in [0.2, 0.25) is 5.42 Å². The van der Waals surface area contributed by atoms with Gasteiger partial charge in [0.1, 0.15) is 16.6 Å². The topological polar surface area (TPSA) is 105 Å². The van der Waals surface area contributed by atoms with Crippen molar-refractivity contribution in [2.24, 2.45) is 0 Å². The fraction of sp³-hybridized carbons (Fsp3) is 0.350. The van der Waals surface area contributed by atoms with E-state index in [1.165, 1.54) is 7.11 Å². The van der Waals surface area contributed by atoms with Gasteiger partial charge < -0.3 is 28.7 Å². The number of hydrogen-bond donors (Lipinski definition) is 1. The molecule has 29 heavy (non-hydrogen) atoms. The molecular formula is C20H21N3O6. The number of carbonyl (C=O) groups is 1. The molecule has 1 fully saturated rings. The van der Waals surface area contributed by atoms with Crippen LogP contribution in [-0.4, -0.2) is 58.5 Å². The number of morpholine rings is 1. The molecule has 9 nitrogen and oxygen atoms in total. The summed E-state index contributed by atoms with van der Waals surface area (Å²) in [6.07, 6.45) is 0. The van der Waals surface area contributed by atoms with Gasteiger partial charge in [-0.25, -0.2) is 4.79 Å². The molecule has 1 N–H and O–H groups in total. The molecule has 3 aliphatic rings. The molecule has 0 bridgehead atoms. The van der Waals surface area contributed by atoms with Crippen LogP contribution in [-0.2, 0) is 9.47 Å². The molecule has 9 heteroatoms. The predicted molar refractivity (Wildman–Crippen MR) is 107 cm³/mol. The van der Waals surface area contributed by atoms with Crippen molar-refractivity contribution in [2.75, 3.05) is 57.3 Å². The normalized spacial score (nSPS) is 14.4. The van der Waals surface area contributed by atoms with E-state index >= 15 is 0 Å². The summed E-state index contributed by atoms with van der Waals surface area (Å²) in [4.78, 5) is 45.1. The number of esters is 1. The Labute approximate surface area is 165 Å². The van der Waals surface area contributed by atoms with E-state index in [9.17, 15) is 14.4 Å². The van der Waals surface area contributed by atoms with E-state index in [0.717, 1.165) is 5.69 Å². The quantitative estimate of drug-likeness (QED) is 0.512. The molecule has 2 heterocycles. The highest BCUT2D eigenvalue weighted by molar-refractivity contribution is 5.96. The van der Waals surface area contributed by atoms with Crippen LogP contribution in [0.1, 0.15) is 10.4 Å². The van der Waals surface area contributed by atoms with Gasteiger partial charge in [0.05, 0.1) is 25.8 Å². The van der Waals surface area contributed by atoms with E-state index < -0.39 is 16.8 Å². The molecule has 1 aromatic carbocycles. The lowest BCUT2D eigenvalue weighted by Gasteiger charge is -2.29. The Bertz CT molecular complexity index is 1270. The van der Waals surface area contributed by atoms with Crippen LogP contribution in [0.15, 0.2) is 32.2 Å². The summed E-state index contributed by atoms with van der Waals surface area (Å²) in [5.41, 5.74) is 0.0689. The average molecular weight is 399 g/mol. The second-order valence-electron chi connectivity index (χ2n) is 6.98. The zero-order chi connectivity index (χ0) is 20.7. The minimum atomic E-state index is -0.803. The number of nitrogens with zero attached hydrogens (tertiary/aromatic N) is 2. The van der Waals surface area contributed by atoms with Crippen LogP contribution in [0.3, 0.4) is 0 Å². The number of benzene rings is 1. The summed E-state index contributed by atoms with van der Waals surface area (Å²) in [5.74, 6) is -0.718. The minimum absolute atomic E-state index is 0.00339. The fourth-order valence-electron chi connectivity index (χ4n) is 3.50. The highest BCUT2D eigenvalue weighted by atomic mass is 16.5. The Morgan fingerprint density at radius 2 is 1.90 bits per heavy atom. The van der Waals surface area contributed by atoms with Crippen LogP contribution in [0.2, 0.25) is 0 Å². The van der Waals surface area contributed by atoms with Gasteiger partial charge in [0.15, 0.2) is 5.58 Å². The first-order valence-corrected chi connectivity index (χ1v) is 9.17. The molecule has 2 aliphatic heterocycles. The Balaban J connectivity index is 2.12. The number of rotatable bonds is 3. The van der Waals surface area contributed by atoms with Crippen molar-refractivity contribution in [1.29, 1.82) is 0 Å². The lowest BCUT2D eigenvalue weighted by Crippen LogP contribution is -2.43. The SMILES string of the molecule is COC(=O)c1c(N2CCOCC2)c(=O)c(=O)c2oc3cc(N(C)C)ccc3[nH]c1=2. The van der Waals surface area contributed by atoms with Gasteiger partial charge in [-0.2, -0.15) is 0 Å². The highest BCUT2D eigenvalue weighted by Gasteiger charge is 2.28. The van der Waals surface area contributed by atoms with Crippen LogP contribution in [0.25, 0.3) is 11.1 Å². The summed E-state index contributed by atoms with van der Waals surface area (Å²) in [6.45, 7) is 1.57. The van der Waals surface area contributed by atoms with Crippen LogP contribution >= 0.6 is 0 Å².